The van der Waals surface area contributed by atoms with Gasteiger partial charge in [-0.15, -0.1) is 0 Å². The molecule has 0 aliphatic rings. The van der Waals surface area contributed by atoms with Crippen molar-refractivity contribution in [1.82, 2.24) is 0 Å². The number of methoxy groups -OCH3 is 1. The number of aryl methyl sites for hydroxylation is 1. The molecule has 2 aromatic carbocycles. The van der Waals surface area contributed by atoms with Crippen LogP contribution in [0.1, 0.15) is 23.6 Å². The smallest absolute Gasteiger partial charge is 0.161 e. The Kier molecular flexibility index (Phi) is 5.08. The normalized spacial score (nSPS) is 10.0. The van der Waals surface area contributed by atoms with E-state index in [9.17, 15) is 0 Å². The number of halogens is 1. The van der Waals surface area contributed by atoms with Gasteiger partial charge in [-0.05, 0) is 36.2 Å². The highest BCUT2D eigenvalue weighted by atomic mass is 35.5. The maximum atomic E-state index is 8.82. The first-order valence-electron chi connectivity index (χ1n) is 6.66. The molecular formula is C17H16ClNO2. The molecule has 21 heavy (non-hydrogen) atoms. The topological polar surface area (TPSA) is 42.2 Å². The largest absolute Gasteiger partial charge is 0.493 e. The van der Waals surface area contributed by atoms with Gasteiger partial charge < -0.3 is 9.47 Å². The minimum atomic E-state index is 0.326. The van der Waals surface area contributed by atoms with E-state index in [2.05, 4.69) is 13.0 Å². The Balaban J connectivity index is 2.15. The van der Waals surface area contributed by atoms with Crippen LogP contribution in [0.3, 0.4) is 0 Å². The number of nitriles is 1. The Bertz CT molecular complexity index is 677. The summed E-state index contributed by atoms with van der Waals surface area (Å²) in [5.74, 6) is 1.38. The molecule has 0 aromatic heterocycles. The first kappa shape index (κ1) is 15.2. The standard InChI is InChI=1S/C17H16ClNO2/c1-3-12-5-7-16(17(9-12)20-2)21-11-14-6-4-13(10-19)8-15(14)18/h4-9H,3,11H2,1-2H3. The van der Waals surface area contributed by atoms with Gasteiger partial charge in [0.15, 0.2) is 11.5 Å². The van der Waals surface area contributed by atoms with E-state index in [1.807, 2.05) is 18.2 Å². The van der Waals surface area contributed by atoms with Crippen LogP contribution < -0.4 is 9.47 Å². The molecule has 0 bridgehead atoms. The molecule has 0 aliphatic carbocycles. The van der Waals surface area contributed by atoms with E-state index in [1.165, 1.54) is 5.56 Å². The number of rotatable bonds is 5. The lowest BCUT2D eigenvalue weighted by Gasteiger charge is -2.12. The molecule has 0 N–H and O–H groups in total. The monoisotopic (exact) mass is 301 g/mol. The Morgan fingerprint density at radius 2 is 1.95 bits per heavy atom. The maximum Gasteiger partial charge on any atom is 0.161 e. The molecule has 0 unspecified atom stereocenters. The molecule has 4 heteroatoms. The molecule has 2 rings (SSSR count). The Hall–Kier alpha value is -2.18. The molecular weight excluding hydrogens is 286 g/mol. The molecule has 0 spiro atoms. The zero-order valence-electron chi connectivity index (χ0n) is 12.0. The van der Waals surface area contributed by atoms with E-state index in [1.54, 1.807) is 25.3 Å². The quantitative estimate of drug-likeness (QED) is 0.824. The molecule has 0 saturated heterocycles. The van der Waals surface area contributed by atoms with Gasteiger partial charge in [0.1, 0.15) is 6.61 Å². The minimum Gasteiger partial charge on any atom is -0.493 e. The van der Waals surface area contributed by atoms with Gasteiger partial charge in [0, 0.05) is 10.6 Å². The molecule has 3 nitrogen and oxygen atoms in total. The average molecular weight is 302 g/mol. The third-order valence-corrected chi connectivity index (χ3v) is 3.55. The van der Waals surface area contributed by atoms with Gasteiger partial charge in [-0.1, -0.05) is 30.7 Å². The van der Waals surface area contributed by atoms with Crippen LogP contribution in [0.5, 0.6) is 11.5 Å². The van der Waals surface area contributed by atoms with E-state index in [-0.39, 0.29) is 0 Å². The van der Waals surface area contributed by atoms with Gasteiger partial charge in [-0.2, -0.15) is 5.26 Å². The second-order valence-electron chi connectivity index (χ2n) is 4.55. The van der Waals surface area contributed by atoms with Crippen molar-refractivity contribution in [3.8, 4) is 17.6 Å². The summed E-state index contributed by atoms with van der Waals surface area (Å²) in [6.07, 6.45) is 0.943. The van der Waals surface area contributed by atoms with E-state index < -0.39 is 0 Å². The third-order valence-electron chi connectivity index (χ3n) is 3.20. The second-order valence-corrected chi connectivity index (χ2v) is 4.95. The zero-order valence-corrected chi connectivity index (χ0v) is 12.8. The number of ether oxygens (including phenoxy) is 2. The van der Waals surface area contributed by atoms with Crippen molar-refractivity contribution in [2.45, 2.75) is 20.0 Å². The predicted molar refractivity (Wildman–Crippen MR) is 82.9 cm³/mol. The second kappa shape index (κ2) is 7.01. The summed E-state index contributed by atoms with van der Waals surface area (Å²) in [5.41, 5.74) is 2.56. The van der Waals surface area contributed by atoms with Crippen LogP contribution >= 0.6 is 11.6 Å². The third kappa shape index (κ3) is 3.68. The molecule has 0 atom stereocenters. The van der Waals surface area contributed by atoms with Gasteiger partial charge in [0.05, 0.1) is 18.7 Å². The highest BCUT2D eigenvalue weighted by Gasteiger charge is 2.08. The average Bonchev–Trinajstić information content (AvgIpc) is 2.53. The highest BCUT2D eigenvalue weighted by molar-refractivity contribution is 6.31. The van der Waals surface area contributed by atoms with Gasteiger partial charge in [-0.3, -0.25) is 0 Å². The summed E-state index contributed by atoms with van der Waals surface area (Å²) in [6, 6.07) is 13.1. The molecule has 0 aliphatic heterocycles. The van der Waals surface area contributed by atoms with Crippen LogP contribution in [0.2, 0.25) is 5.02 Å². The highest BCUT2D eigenvalue weighted by Crippen LogP contribution is 2.29. The van der Waals surface area contributed by atoms with Crippen LogP contribution in [-0.2, 0) is 13.0 Å². The number of hydrogen-bond donors (Lipinski definition) is 0. The van der Waals surface area contributed by atoms with Crippen LogP contribution in [0.15, 0.2) is 36.4 Å². The van der Waals surface area contributed by atoms with Gasteiger partial charge in [0.25, 0.3) is 0 Å². The summed E-state index contributed by atoms with van der Waals surface area (Å²) in [7, 11) is 1.62. The fraction of sp³-hybridized carbons (Fsp3) is 0.235. The van der Waals surface area contributed by atoms with Crippen molar-refractivity contribution in [3.63, 3.8) is 0 Å². The molecule has 108 valence electrons. The van der Waals surface area contributed by atoms with E-state index in [4.69, 9.17) is 26.3 Å². The zero-order chi connectivity index (χ0) is 15.2. The van der Waals surface area contributed by atoms with E-state index >= 15 is 0 Å². The first-order valence-corrected chi connectivity index (χ1v) is 7.04. The van der Waals surface area contributed by atoms with E-state index in [0.29, 0.717) is 28.7 Å². The van der Waals surface area contributed by atoms with E-state index in [0.717, 1.165) is 12.0 Å². The number of nitrogens with zero attached hydrogens (tertiary/aromatic N) is 1. The maximum absolute atomic E-state index is 8.82. The molecule has 0 amide bonds. The molecule has 0 fully saturated rings. The SMILES string of the molecule is CCc1ccc(OCc2ccc(C#N)cc2Cl)c(OC)c1. The molecule has 0 radical (unpaired) electrons. The van der Waals surface area contributed by atoms with Crippen LogP contribution in [0.25, 0.3) is 0 Å². The van der Waals surface area contributed by atoms with Crippen molar-refractivity contribution >= 4 is 11.6 Å². The summed E-state index contributed by atoms with van der Waals surface area (Å²) < 4.78 is 11.1. The summed E-state index contributed by atoms with van der Waals surface area (Å²) in [4.78, 5) is 0. The summed E-state index contributed by atoms with van der Waals surface area (Å²) >= 11 is 6.13. The molecule has 0 saturated carbocycles. The Morgan fingerprint density at radius 1 is 1.14 bits per heavy atom. The lowest BCUT2D eigenvalue weighted by molar-refractivity contribution is 0.284. The van der Waals surface area contributed by atoms with Crippen LogP contribution in [-0.4, -0.2) is 7.11 Å². The summed E-state index contributed by atoms with van der Waals surface area (Å²) in [5, 5.41) is 9.35. The Labute approximate surface area is 129 Å². The lowest BCUT2D eigenvalue weighted by Crippen LogP contribution is -1.99. The summed E-state index contributed by atoms with van der Waals surface area (Å²) in [6.45, 7) is 2.41. The molecule has 0 heterocycles. The fourth-order valence-electron chi connectivity index (χ4n) is 1.94. The number of benzene rings is 2. The van der Waals surface area contributed by atoms with Gasteiger partial charge in [0.2, 0.25) is 0 Å². The fourth-order valence-corrected chi connectivity index (χ4v) is 2.18. The number of hydrogen-bond acceptors (Lipinski definition) is 3. The lowest BCUT2D eigenvalue weighted by atomic mass is 10.1. The van der Waals surface area contributed by atoms with Gasteiger partial charge in [-0.25, -0.2) is 0 Å². The van der Waals surface area contributed by atoms with Crippen molar-refractivity contribution in [2.75, 3.05) is 7.11 Å². The van der Waals surface area contributed by atoms with Crippen molar-refractivity contribution in [1.29, 1.82) is 5.26 Å². The van der Waals surface area contributed by atoms with Gasteiger partial charge >= 0.3 is 0 Å². The van der Waals surface area contributed by atoms with Crippen molar-refractivity contribution in [2.24, 2.45) is 0 Å². The minimum absolute atomic E-state index is 0.326. The first-order chi connectivity index (χ1) is 10.2. The van der Waals surface area contributed by atoms with Crippen LogP contribution in [0.4, 0.5) is 0 Å². The van der Waals surface area contributed by atoms with Crippen molar-refractivity contribution < 1.29 is 9.47 Å². The predicted octanol–water partition coefficient (Wildman–Crippen LogP) is 4.36. The van der Waals surface area contributed by atoms with Crippen molar-refractivity contribution in [3.05, 3.63) is 58.1 Å². The Morgan fingerprint density at radius 3 is 2.57 bits per heavy atom. The molecule has 2 aromatic rings. The van der Waals surface area contributed by atoms with Crippen LogP contribution in [0, 0.1) is 11.3 Å².